The van der Waals surface area contributed by atoms with Crippen LogP contribution in [0.25, 0.3) is 0 Å². The van der Waals surface area contributed by atoms with Crippen molar-refractivity contribution >= 4 is 33.3 Å². The number of aromatic nitrogens is 2. The number of methoxy groups -OCH3 is 1. The second kappa shape index (κ2) is 10.8. The summed E-state index contributed by atoms with van der Waals surface area (Å²) in [4.78, 5) is 23.7. The molecule has 36 heavy (non-hydrogen) atoms. The van der Waals surface area contributed by atoms with Crippen molar-refractivity contribution in [3.63, 3.8) is 0 Å². The van der Waals surface area contributed by atoms with E-state index in [1.807, 2.05) is 24.0 Å². The van der Waals surface area contributed by atoms with E-state index < -0.39 is 15.9 Å². The number of pyridine rings is 2. The summed E-state index contributed by atoms with van der Waals surface area (Å²) in [6.07, 6.45) is 4.58. The van der Waals surface area contributed by atoms with Crippen molar-refractivity contribution in [1.82, 2.24) is 14.9 Å². The normalized spacial score (nSPS) is 19.1. The lowest BCUT2D eigenvalue weighted by Crippen LogP contribution is -2.42. The number of nitrogens with zero attached hydrogens (tertiary/aromatic N) is 4. The molecular weight excluding hydrogens is 486 g/mol. The third-order valence-electron chi connectivity index (χ3n) is 6.71. The van der Waals surface area contributed by atoms with Crippen molar-refractivity contribution in [3.8, 4) is 11.5 Å². The number of rotatable bonds is 7. The molecule has 0 bridgehead atoms. The van der Waals surface area contributed by atoms with E-state index in [1.54, 1.807) is 19.4 Å². The highest BCUT2D eigenvalue weighted by molar-refractivity contribution is 7.91. The average Bonchev–Trinajstić information content (AvgIpc) is 2.85. The van der Waals surface area contributed by atoms with Gasteiger partial charge < -0.3 is 29.7 Å². The third-order valence-corrected chi connectivity index (χ3v) is 8.31. The minimum atomic E-state index is -3.10. The van der Waals surface area contributed by atoms with E-state index in [2.05, 4.69) is 10.3 Å². The number of carboxylic acid groups (broad SMARTS) is 1. The van der Waals surface area contributed by atoms with Crippen LogP contribution in [-0.2, 0) is 9.84 Å². The summed E-state index contributed by atoms with van der Waals surface area (Å²) in [5, 5.41) is 12.0. The molecule has 2 aromatic heterocycles. The molecule has 1 unspecified atom stereocenters. The molecule has 196 valence electrons. The van der Waals surface area contributed by atoms with Crippen molar-refractivity contribution < 1.29 is 27.8 Å². The topological polar surface area (TPSA) is 134 Å². The highest BCUT2D eigenvalue weighted by atomic mass is 32.2. The lowest BCUT2D eigenvalue weighted by Gasteiger charge is -2.33. The molecule has 0 aliphatic carbocycles. The first kappa shape index (κ1) is 25.8. The van der Waals surface area contributed by atoms with Crippen LogP contribution < -0.4 is 19.7 Å². The van der Waals surface area contributed by atoms with Crippen molar-refractivity contribution in [1.29, 1.82) is 0 Å². The molecule has 2 aliphatic heterocycles. The maximum atomic E-state index is 12.0. The molecule has 4 heterocycles. The molecule has 0 radical (unpaired) electrons. The van der Waals surface area contributed by atoms with Crippen LogP contribution in [0.3, 0.4) is 0 Å². The van der Waals surface area contributed by atoms with Crippen LogP contribution in [0, 0.1) is 6.92 Å². The third kappa shape index (κ3) is 5.92. The van der Waals surface area contributed by atoms with Gasteiger partial charge in [0.1, 0.15) is 11.9 Å². The molecule has 2 aliphatic rings. The van der Waals surface area contributed by atoms with Gasteiger partial charge in [0.05, 0.1) is 23.7 Å². The average molecular weight is 520 g/mol. The number of aryl methyl sites for hydroxylation is 1. The zero-order valence-corrected chi connectivity index (χ0v) is 21.6. The van der Waals surface area contributed by atoms with Gasteiger partial charge in [-0.05, 0) is 31.9 Å². The molecule has 0 saturated carbocycles. The highest BCUT2D eigenvalue weighted by Gasteiger charge is 2.29. The Morgan fingerprint density at radius 2 is 1.92 bits per heavy atom. The Kier molecular flexibility index (Phi) is 7.72. The first-order valence-corrected chi connectivity index (χ1v) is 14.0. The number of hydrogen-bond acceptors (Lipinski definition) is 9. The number of anilines is 3. The van der Waals surface area contributed by atoms with Crippen molar-refractivity contribution in [2.45, 2.75) is 44.0 Å². The number of amides is 1. The van der Waals surface area contributed by atoms with E-state index in [4.69, 9.17) is 19.6 Å². The largest absolute Gasteiger partial charge is 0.490 e. The minimum Gasteiger partial charge on any atom is -0.490 e. The van der Waals surface area contributed by atoms with Gasteiger partial charge in [0.2, 0.25) is 5.75 Å². The molecule has 2 aromatic rings. The van der Waals surface area contributed by atoms with Gasteiger partial charge in [0, 0.05) is 57.5 Å². The molecule has 2 fully saturated rings. The second-order valence-electron chi connectivity index (χ2n) is 9.24. The first-order chi connectivity index (χ1) is 17.2. The number of ether oxygens (including phenoxy) is 2. The van der Waals surface area contributed by atoms with E-state index in [1.165, 1.54) is 11.2 Å². The monoisotopic (exact) mass is 519 g/mol. The van der Waals surface area contributed by atoms with E-state index in [-0.39, 0.29) is 11.4 Å². The number of nitrogens with one attached hydrogen (secondary N) is 1. The van der Waals surface area contributed by atoms with Gasteiger partial charge in [-0.15, -0.1) is 0 Å². The smallest absolute Gasteiger partial charge is 0.407 e. The summed E-state index contributed by atoms with van der Waals surface area (Å²) in [7, 11) is -1.55. The highest BCUT2D eigenvalue weighted by Crippen LogP contribution is 2.37. The van der Waals surface area contributed by atoms with Crippen molar-refractivity contribution in [2.75, 3.05) is 49.8 Å². The number of likely N-dealkylation sites (tertiary alicyclic amines) is 1. The molecule has 4 rings (SSSR count). The summed E-state index contributed by atoms with van der Waals surface area (Å²) in [5.74, 6) is 2.21. The Balaban J connectivity index is 1.47. The second-order valence-corrected chi connectivity index (χ2v) is 11.6. The van der Waals surface area contributed by atoms with Crippen LogP contribution in [0.15, 0.2) is 24.4 Å². The van der Waals surface area contributed by atoms with E-state index in [9.17, 15) is 13.2 Å². The lowest BCUT2D eigenvalue weighted by atomic mass is 10.1. The van der Waals surface area contributed by atoms with Gasteiger partial charge in [-0.1, -0.05) is 0 Å². The fourth-order valence-corrected chi connectivity index (χ4v) is 5.68. The standard InChI is InChI=1S/C24H33N5O6S/c1-16-19(6-7-21(26-16)29-12-4-5-18(15-29)36(3,32)33)27-23-22(34-2)20(8-11-25-23)35-17-9-13-28(14-10-17)24(30)31/h6-8,11,17-18H,4-5,9-10,12-15H2,1-3H3,(H,25,27)(H,30,31). The molecular formula is C24H33N5O6S. The Bertz CT molecular complexity index is 1200. The van der Waals surface area contributed by atoms with Crippen LogP contribution in [0.2, 0.25) is 0 Å². The number of sulfone groups is 1. The van der Waals surface area contributed by atoms with Crippen LogP contribution >= 0.6 is 0 Å². The fraction of sp³-hybridized carbons (Fsp3) is 0.542. The predicted octanol–water partition coefficient (Wildman–Crippen LogP) is 3.07. The number of hydrogen-bond donors (Lipinski definition) is 2. The summed E-state index contributed by atoms with van der Waals surface area (Å²) in [5.41, 5.74) is 1.48. The van der Waals surface area contributed by atoms with E-state index in [0.29, 0.717) is 56.2 Å². The SMILES string of the molecule is COc1c(OC2CCN(C(=O)O)CC2)ccnc1Nc1ccc(N2CCCC(S(C)(=O)=O)C2)nc1C. The summed E-state index contributed by atoms with van der Waals surface area (Å²) in [6, 6.07) is 5.51. The lowest BCUT2D eigenvalue weighted by molar-refractivity contribution is 0.0878. The van der Waals surface area contributed by atoms with Crippen LogP contribution in [0.4, 0.5) is 22.1 Å². The molecule has 1 atom stereocenters. The summed E-state index contributed by atoms with van der Waals surface area (Å²) >= 11 is 0. The van der Waals surface area contributed by atoms with Gasteiger partial charge in [-0.25, -0.2) is 23.2 Å². The summed E-state index contributed by atoms with van der Waals surface area (Å²) in [6.45, 7) is 3.95. The fourth-order valence-electron chi connectivity index (χ4n) is 4.63. The van der Waals surface area contributed by atoms with Gasteiger partial charge >= 0.3 is 6.09 Å². The molecule has 1 amide bonds. The predicted molar refractivity (Wildman–Crippen MR) is 136 cm³/mol. The van der Waals surface area contributed by atoms with Gasteiger partial charge in [-0.3, -0.25) is 0 Å². The molecule has 12 heteroatoms. The minimum absolute atomic E-state index is 0.118. The number of carbonyl (C=O) groups is 1. The maximum Gasteiger partial charge on any atom is 0.407 e. The maximum absolute atomic E-state index is 12.0. The Hall–Kier alpha value is -3.28. The van der Waals surface area contributed by atoms with Crippen LogP contribution in [0.1, 0.15) is 31.4 Å². The zero-order chi connectivity index (χ0) is 25.9. The molecule has 0 aromatic carbocycles. The molecule has 2 N–H and O–H groups in total. The van der Waals surface area contributed by atoms with Crippen LogP contribution in [-0.4, -0.2) is 85.4 Å². The molecule has 2 saturated heterocycles. The Morgan fingerprint density at radius 3 is 2.56 bits per heavy atom. The Labute approximate surface area is 211 Å². The number of piperidine rings is 2. The van der Waals surface area contributed by atoms with Gasteiger partial charge in [0.25, 0.3) is 0 Å². The van der Waals surface area contributed by atoms with Gasteiger partial charge in [-0.2, -0.15) is 0 Å². The van der Waals surface area contributed by atoms with Crippen molar-refractivity contribution in [2.24, 2.45) is 0 Å². The quantitative estimate of drug-likeness (QED) is 0.562. The zero-order valence-electron chi connectivity index (χ0n) is 20.8. The summed E-state index contributed by atoms with van der Waals surface area (Å²) < 4.78 is 35.8. The van der Waals surface area contributed by atoms with E-state index in [0.717, 1.165) is 30.2 Å². The first-order valence-electron chi connectivity index (χ1n) is 12.0. The molecule has 11 nitrogen and oxygen atoms in total. The van der Waals surface area contributed by atoms with Crippen molar-refractivity contribution in [3.05, 3.63) is 30.1 Å². The van der Waals surface area contributed by atoms with Gasteiger partial charge in [0.15, 0.2) is 21.4 Å². The Morgan fingerprint density at radius 1 is 1.17 bits per heavy atom. The molecule has 0 spiro atoms. The van der Waals surface area contributed by atoms with E-state index >= 15 is 0 Å². The van der Waals surface area contributed by atoms with Crippen LogP contribution in [0.5, 0.6) is 11.5 Å².